The topological polar surface area (TPSA) is 75.7 Å². The Bertz CT molecular complexity index is 973. The minimum Gasteiger partial charge on any atom is -0.494 e. The van der Waals surface area contributed by atoms with E-state index in [0.717, 1.165) is 11.3 Å². The van der Waals surface area contributed by atoms with Gasteiger partial charge >= 0.3 is 0 Å². The number of hydrogen-bond acceptors (Lipinski definition) is 4. The minimum absolute atomic E-state index is 0.0382. The number of amides is 1. The summed E-state index contributed by atoms with van der Waals surface area (Å²) in [5, 5.41) is 3.48. The van der Waals surface area contributed by atoms with Gasteiger partial charge in [-0.05, 0) is 55.2 Å². The normalized spacial score (nSPS) is 15.7. The van der Waals surface area contributed by atoms with Gasteiger partial charge in [-0.25, -0.2) is 12.7 Å². The largest absolute Gasteiger partial charge is 0.494 e. The number of rotatable bonds is 8. The van der Waals surface area contributed by atoms with Crippen LogP contribution >= 0.6 is 11.6 Å². The molecule has 6 nitrogen and oxygen atoms in total. The van der Waals surface area contributed by atoms with Crippen LogP contribution in [-0.4, -0.2) is 38.3 Å². The van der Waals surface area contributed by atoms with Crippen LogP contribution in [-0.2, 0) is 27.1 Å². The van der Waals surface area contributed by atoms with E-state index in [9.17, 15) is 13.2 Å². The fraction of sp³-hybridized carbons (Fsp3) is 0.409. The highest BCUT2D eigenvalue weighted by Gasteiger charge is 2.31. The molecule has 1 saturated heterocycles. The van der Waals surface area contributed by atoms with E-state index in [1.807, 2.05) is 31.2 Å². The van der Waals surface area contributed by atoms with Crippen LogP contribution < -0.4 is 10.1 Å². The quantitative estimate of drug-likeness (QED) is 0.666. The zero-order chi connectivity index (χ0) is 21.6. The Morgan fingerprint density at radius 3 is 2.53 bits per heavy atom. The van der Waals surface area contributed by atoms with Crippen molar-refractivity contribution >= 4 is 27.5 Å². The summed E-state index contributed by atoms with van der Waals surface area (Å²) < 4.78 is 32.4. The predicted molar refractivity (Wildman–Crippen MR) is 118 cm³/mol. The van der Waals surface area contributed by atoms with Gasteiger partial charge in [-0.3, -0.25) is 4.79 Å². The molecule has 0 unspecified atom stereocenters. The summed E-state index contributed by atoms with van der Waals surface area (Å²) in [4.78, 5) is 12.5. The first-order chi connectivity index (χ1) is 14.4. The molecule has 2 aromatic rings. The summed E-state index contributed by atoms with van der Waals surface area (Å²) in [6.45, 7) is 3.64. The number of nitrogens with one attached hydrogen (secondary N) is 1. The van der Waals surface area contributed by atoms with E-state index in [0.29, 0.717) is 49.7 Å². The van der Waals surface area contributed by atoms with Crippen molar-refractivity contribution < 1.29 is 17.9 Å². The Kier molecular flexibility index (Phi) is 7.75. The molecular formula is C22H27ClN2O4S. The molecule has 0 bridgehead atoms. The molecule has 1 aliphatic rings. The average Bonchev–Trinajstić information content (AvgIpc) is 2.72. The van der Waals surface area contributed by atoms with Crippen LogP contribution in [0.1, 0.15) is 30.9 Å². The lowest BCUT2D eigenvalue weighted by Gasteiger charge is -2.30. The lowest BCUT2D eigenvalue weighted by Crippen LogP contribution is -2.43. The minimum atomic E-state index is -3.44. The Morgan fingerprint density at radius 1 is 1.13 bits per heavy atom. The Labute approximate surface area is 183 Å². The van der Waals surface area contributed by atoms with Gasteiger partial charge in [-0.15, -0.1) is 0 Å². The second kappa shape index (κ2) is 10.3. The first kappa shape index (κ1) is 22.6. The van der Waals surface area contributed by atoms with E-state index in [2.05, 4.69) is 5.32 Å². The smallest absolute Gasteiger partial charge is 0.223 e. The van der Waals surface area contributed by atoms with Gasteiger partial charge in [-0.2, -0.15) is 0 Å². The number of nitrogens with zero attached hydrogens (tertiary/aromatic N) is 1. The van der Waals surface area contributed by atoms with E-state index in [4.69, 9.17) is 16.3 Å². The lowest BCUT2D eigenvalue weighted by molar-refractivity contribution is -0.126. The summed E-state index contributed by atoms with van der Waals surface area (Å²) >= 11 is 5.95. The van der Waals surface area contributed by atoms with Crippen molar-refractivity contribution in [3.63, 3.8) is 0 Å². The molecule has 2 aromatic carbocycles. The number of ether oxygens (including phenoxy) is 1. The number of hydrogen-bond donors (Lipinski definition) is 1. The van der Waals surface area contributed by atoms with Crippen LogP contribution in [0.25, 0.3) is 0 Å². The van der Waals surface area contributed by atoms with Crippen molar-refractivity contribution in [2.24, 2.45) is 5.92 Å². The number of halogens is 1. The molecule has 30 heavy (non-hydrogen) atoms. The highest BCUT2D eigenvalue weighted by molar-refractivity contribution is 7.88. The molecule has 1 aliphatic heterocycles. The van der Waals surface area contributed by atoms with Crippen molar-refractivity contribution in [2.45, 2.75) is 32.1 Å². The van der Waals surface area contributed by atoms with Crippen molar-refractivity contribution in [1.82, 2.24) is 9.62 Å². The first-order valence-corrected chi connectivity index (χ1v) is 12.1. The van der Waals surface area contributed by atoms with E-state index >= 15 is 0 Å². The van der Waals surface area contributed by atoms with Gasteiger partial charge in [0.1, 0.15) is 5.75 Å². The summed E-state index contributed by atoms with van der Waals surface area (Å²) in [7, 11) is -3.44. The predicted octanol–water partition coefficient (Wildman–Crippen LogP) is 3.60. The number of carbonyl (C=O) groups excluding carboxylic acids is 1. The van der Waals surface area contributed by atoms with E-state index in [1.54, 1.807) is 24.3 Å². The van der Waals surface area contributed by atoms with Gasteiger partial charge in [0.15, 0.2) is 0 Å². The molecule has 3 rings (SSSR count). The molecule has 1 fully saturated rings. The number of carbonyl (C=O) groups is 1. The van der Waals surface area contributed by atoms with Crippen molar-refractivity contribution in [1.29, 1.82) is 0 Å². The van der Waals surface area contributed by atoms with E-state index in [1.165, 1.54) is 4.31 Å². The first-order valence-electron chi connectivity index (χ1n) is 10.1. The zero-order valence-corrected chi connectivity index (χ0v) is 18.6. The molecule has 0 aliphatic carbocycles. The Balaban J connectivity index is 1.49. The molecule has 1 N–H and O–H groups in total. The second-order valence-corrected chi connectivity index (χ2v) is 9.76. The maximum atomic E-state index is 12.7. The van der Waals surface area contributed by atoms with Crippen LogP contribution in [0.3, 0.4) is 0 Å². The summed E-state index contributed by atoms with van der Waals surface area (Å²) in [6, 6.07) is 14.5. The highest BCUT2D eigenvalue weighted by atomic mass is 35.5. The molecular weight excluding hydrogens is 424 g/mol. The Hall–Kier alpha value is -2.09. The van der Waals surface area contributed by atoms with Crippen LogP contribution in [0, 0.1) is 5.92 Å². The van der Waals surface area contributed by atoms with E-state index in [-0.39, 0.29) is 17.6 Å². The van der Waals surface area contributed by atoms with Gasteiger partial charge in [0, 0.05) is 30.6 Å². The third-order valence-corrected chi connectivity index (χ3v) is 7.22. The molecule has 0 aromatic heterocycles. The SMILES string of the molecule is CCOc1cccc(CNC(=O)C2CCN(S(=O)(=O)Cc3cccc(Cl)c3)CC2)c1. The monoisotopic (exact) mass is 450 g/mol. The Morgan fingerprint density at radius 2 is 1.83 bits per heavy atom. The lowest BCUT2D eigenvalue weighted by atomic mass is 9.97. The average molecular weight is 451 g/mol. The highest BCUT2D eigenvalue weighted by Crippen LogP contribution is 2.23. The third-order valence-electron chi connectivity index (χ3n) is 5.13. The molecule has 0 saturated carbocycles. The zero-order valence-electron chi connectivity index (χ0n) is 17.0. The molecule has 1 amide bonds. The van der Waals surface area contributed by atoms with Crippen LogP contribution in [0.5, 0.6) is 5.75 Å². The van der Waals surface area contributed by atoms with Crippen molar-refractivity contribution in [2.75, 3.05) is 19.7 Å². The second-order valence-electron chi connectivity index (χ2n) is 7.36. The van der Waals surface area contributed by atoms with Crippen LogP contribution in [0.4, 0.5) is 0 Å². The summed E-state index contributed by atoms with van der Waals surface area (Å²) in [5.74, 6) is 0.476. The van der Waals surface area contributed by atoms with Crippen LogP contribution in [0.2, 0.25) is 5.02 Å². The summed E-state index contributed by atoms with van der Waals surface area (Å²) in [5.41, 5.74) is 1.63. The van der Waals surface area contributed by atoms with E-state index < -0.39 is 10.0 Å². The van der Waals surface area contributed by atoms with Gasteiger partial charge in [0.25, 0.3) is 0 Å². The number of benzene rings is 2. The van der Waals surface area contributed by atoms with Crippen LogP contribution in [0.15, 0.2) is 48.5 Å². The van der Waals surface area contributed by atoms with Gasteiger partial charge in [0.05, 0.1) is 12.4 Å². The maximum Gasteiger partial charge on any atom is 0.223 e. The maximum absolute atomic E-state index is 12.7. The van der Waals surface area contributed by atoms with Gasteiger partial charge < -0.3 is 10.1 Å². The fourth-order valence-corrected chi connectivity index (χ4v) is 5.33. The molecule has 0 atom stereocenters. The number of sulfonamides is 1. The number of piperidine rings is 1. The molecule has 8 heteroatoms. The van der Waals surface area contributed by atoms with Crippen molar-refractivity contribution in [3.05, 3.63) is 64.7 Å². The fourth-order valence-electron chi connectivity index (χ4n) is 3.57. The van der Waals surface area contributed by atoms with Crippen molar-refractivity contribution in [3.8, 4) is 5.75 Å². The van der Waals surface area contributed by atoms with Gasteiger partial charge in [0.2, 0.25) is 15.9 Å². The van der Waals surface area contributed by atoms with Gasteiger partial charge in [-0.1, -0.05) is 35.9 Å². The molecule has 1 heterocycles. The molecule has 0 spiro atoms. The summed E-state index contributed by atoms with van der Waals surface area (Å²) in [6.07, 6.45) is 1.03. The standard InChI is InChI=1S/C22H27ClN2O4S/c1-2-29-21-8-4-5-17(14-21)15-24-22(26)19-9-11-25(12-10-19)30(27,28)16-18-6-3-7-20(23)13-18/h3-8,13-14,19H,2,9-12,15-16H2,1H3,(H,24,26). The molecule has 0 radical (unpaired) electrons. The third kappa shape index (κ3) is 6.20. The molecule has 162 valence electrons.